The summed E-state index contributed by atoms with van der Waals surface area (Å²) in [7, 11) is 0. The lowest BCUT2D eigenvalue weighted by atomic mass is 10.1. The summed E-state index contributed by atoms with van der Waals surface area (Å²) in [5.41, 5.74) is 2.09. The molecular formula is C18H26ClN3. The first-order valence-corrected chi connectivity index (χ1v) is 8.55. The standard InChI is InChI=1S/C18H26ClN3/c1-4-22(5-2)12-6-7-14(3)21-18-10-11-20-17-9-8-15(19)13-16(17)18/h8-11,13-14H,4-7,12H2,1-3H3,(H,20,21)/t14-/m1/s1. The molecule has 22 heavy (non-hydrogen) atoms. The zero-order valence-electron chi connectivity index (χ0n) is 13.8. The summed E-state index contributed by atoms with van der Waals surface area (Å²) in [5.74, 6) is 0. The second kappa shape index (κ2) is 8.35. The van der Waals surface area contributed by atoms with E-state index in [0.29, 0.717) is 6.04 Å². The van der Waals surface area contributed by atoms with Crippen molar-refractivity contribution in [1.82, 2.24) is 9.88 Å². The summed E-state index contributed by atoms with van der Waals surface area (Å²) < 4.78 is 0. The normalized spacial score (nSPS) is 12.8. The maximum atomic E-state index is 6.12. The van der Waals surface area contributed by atoms with Crippen molar-refractivity contribution in [1.29, 1.82) is 0 Å². The molecule has 0 saturated heterocycles. The Hall–Kier alpha value is -1.32. The number of rotatable bonds is 8. The summed E-state index contributed by atoms with van der Waals surface area (Å²) in [6.45, 7) is 10.1. The average molecular weight is 320 g/mol. The van der Waals surface area contributed by atoms with E-state index < -0.39 is 0 Å². The highest BCUT2D eigenvalue weighted by atomic mass is 35.5. The van der Waals surface area contributed by atoms with E-state index in [1.807, 2.05) is 30.5 Å². The molecule has 1 aromatic carbocycles. The van der Waals surface area contributed by atoms with Gasteiger partial charge >= 0.3 is 0 Å². The number of aromatic nitrogens is 1. The molecule has 0 aliphatic rings. The largest absolute Gasteiger partial charge is 0.382 e. The van der Waals surface area contributed by atoms with Gasteiger partial charge in [-0.25, -0.2) is 0 Å². The molecule has 120 valence electrons. The molecule has 0 unspecified atom stereocenters. The third kappa shape index (κ3) is 4.59. The van der Waals surface area contributed by atoms with Crippen molar-refractivity contribution in [3.8, 4) is 0 Å². The van der Waals surface area contributed by atoms with E-state index in [4.69, 9.17) is 11.6 Å². The molecule has 1 aromatic heterocycles. The van der Waals surface area contributed by atoms with E-state index in [1.165, 1.54) is 13.0 Å². The number of halogens is 1. The van der Waals surface area contributed by atoms with Gasteiger partial charge in [0.25, 0.3) is 0 Å². The lowest BCUT2D eigenvalue weighted by Crippen LogP contribution is -2.25. The topological polar surface area (TPSA) is 28.2 Å². The number of benzene rings is 1. The molecule has 1 heterocycles. The molecule has 1 atom stereocenters. The highest BCUT2D eigenvalue weighted by molar-refractivity contribution is 6.31. The van der Waals surface area contributed by atoms with Gasteiger partial charge in [-0.1, -0.05) is 25.4 Å². The monoisotopic (exact) mass is 319 g/mol. The SMILES string of the molecule is CCN(CC)CCC[C@@H](C)Nc1ccnc2ccc(Cl)cc12. The Kier molecular flexibility index (Phi) is 6.47. The number of pyridine rings is 1. The van der Waals surface area contributed by atoms with E-state index in [-0.39, 0.29) is 0 Å². The number of hydrogen-bond acceptors (Lipinski definition) is 3. The summed E-state index contributed by atoms with van der Waals surface area (Å²) in [4.78, 5) is 6.86. The predicted octanol–water partition coefficient (Wildman–Crippen LogP) is 4.81. The zero-order chi connectivity index (χ0) is 15.9. The Labute approximate surface area is 138 Å². The van der Waals surface area contributed by atoms with Crippen LogP contribution in [-0.4, -0.2) is 35.6 Å². The summed E-state index contributed by atoms with van der Waals surface area (Å²) in [6.07, 6.45) is 4.21. The van der Waals surface area contributed by atoms with Crippen LogP contribution in [-0.2, 0) is 0 Å². The quantitative estimate of drug-likeness (QED) is 0.756. The van der Waals surface area contributed by atoms with Crippen LogP contribution in [0, 0.1) is 0 Å². The second-order valence-electron chi connectivity index (χ2n) is 5.73. The Morgan fingerprint density at radius 2 is 2.00 bits per heavy atom. The highest BCUT2D eigenvalue weighted by Crippen LogP contribution is 2.25. The first kappa shape index (κ1) is 17.0. The van der Waals surface area contributed by atoms with Gasteiger partial charge in [0, 0.05) is 28.3 Å². The Bertz CT molecular complexity index is 596. The summed E-state index contributed by atoms with van der Waals surface area (Å²) in [5, 5.41) is 5.44. The number of hydrogen-bond donors (Lipinski definition) is 1. The van der Waals surface area contributed by atoms with Crippen LogP contribution < -0.4 is 5.32 Å². The lowest BCUT2D eigenvalue weighted by Gasteiger charge is -2.20. The van der Waals surface area contributed by atoms with Crippen molar-refractivity contribution in [2.75, 3.05) is 25.0 Å². The van der Waals surface area contributed by atoms with E-state index in [9.17, 15) is 0 Å². The second-order valence-corrected chi connectivity index (χ2v) is 6.17. The van der Waals surface area contributed by atoms with Crippen LogP contribution in [0.5, 0.6) is 0 Å². The van der Waals surface area contributed by atoms with Crippen molar-refractivity contribution in [3.05, 3.63) is 35.5 Å². The van der Waals surface area contributed by atoms with Crippen LogP contribution in [0.4, 0.5) is 5.69 Å². The molecular weight excluding hydrogens is 294 g/mol. The number of fused-ring (bicyclic) bond motifs is 1. The number of nitrogens with one attached hydrogen (secondary N) is 1. The summed E-state index contributed by atoms with van der Waals surface area (Å²) >= 11 is 6.12. The van der Waals surface area contributed by atoms with E-state index in [0.717, 1.165) is 41.1 Å². The van der Waals surface area contributed by atoms with Crippen molar-refractivity contribution < 1.29 is 0 Å². The van der Waals surface area contributed by atoms with Crippen LogP contribution >= 0.6 is 11.6 Å². The molecule has 1 N–H and O–H groups in total. The molecule has 0 aliphatic carbocycles. The Morgan fingerprint density at radius 3 is 2.73 bits per heavy atom. The molecule has 0 bridgehead atoms. The minimum Gasteiger partial charge on any atom is -0.382 e. The van der Waals surface area contributed by atoms with Gasteiger partial charge in [-0.05, 0) is 63.7 Å². The lowest BCUT2D eigenvalue weighted by molar-refractivity contribution is 0.295. The van der Waals surface area contributed by atoms with Gasteiger partial charge in [0.2, 0.25) is 0 Å². The molecule has 3 nitrogen and oxygen atoms in total. The van der Waals surface area contributed by atoms with Gasteiger partial charge < -0.3 is 10.2 Å². The maximum absolute atomic E-state index is 6.12. The minimum atomic E-state index is 0.431. The molecule has 0 fully saturated rings. The van der Waals surface area contributed by atoms with E-state index in [2.05, 4.69) is 36.0 Å². The smallest absolute Gasteiger partial charge is 0.0723 e. The predicted molar refractivity (Wildman–Crippen MR) is 96.9 cm³/mol. The van der Waals surface area contributed by atoms with Crippen molar-refractivity contribution in [2.24, 2.45) is 0 Å². The van der Waals surface area contributed by atoms with Crippen LogP contribution in [0.15, 0.2) is 30.5 Å². The fraction of sp³-hybridized carbons (Fsp3) is 0.500. The van der Waals surface area contributed by atoms with Crippen LogP contribution in [0.1, 0.15) is 33.6 Å². The first-order chi connectivity index (χ1) is 10.6. The van der Waals surface area contributed by atoms with Gasteiger partial charge in [0.05, 0.1) is 5.52 Å². The third-order valence-corrected chi connectivity index (χ3v) is 4.35. The number of anilines is 1. The fourth-order valence-electron chi connectivity index (χ4n) is 2.74. The van der Waals surface area contributed by atoms with Crippen molar-refractivity contribution in [3.63, 3.8) is 0 Å². The Balaban J connectivity index is 1.97. The minimum absolute atomic E-state index is 0.431. The molecule has 2 aromatic rings. The maximum Gasteiger partial charge on any atom is 0.0723 e. The van der Waals surface area contributed by atoms with Crippen molar-refractivity contribution >= 4 is 28.2 Å². The van der Waals surface area contributed by atoms with Crippen LogP contribution in [0.25, 0.3) is 10.9 Å². The highest BCUT2D eigenvalue weighted by Gasteiger charge is 2.07. The van der Waals surface area contributed by atoms with Gasteiger partial charge in [0.1, 0.15) is 0 Å². The molecule has 0 amide bonds. The zero-order valence-corrected chi connectivity index (χ0v) is 14.5. The molecule has 0 spiro atoms. The van der Waals surface area contributed by atoms with E-state index in [1.54, 1.807) is 0 Å². The molecule has 0 radical (unpaired) electrons. The first-order valence-electron chi connectivity index (χ1n) is 8.17. The average Bonchev–Trinajstić information content (AvgIpc) is 2.52. The van der Waals surface area contributed by atoms with Gasteiger partial charge in [-0.3, -0.25) is 4.98 Å². The molecule has 0 aliphatic heterocycles. The van der Waals surface area contributed by atoms with Crippen LogP contribution in [0.2, 0.25) is 5.02 Å². The number of nitrogens with zero attached hydrogens (tertiary/aromatic N) is 2. The Morgan fingerprint density at radius 1 is 1.23 bits per heavy atom. The van der Waals surface area contributed by atoms with E-state index >= 15 is 0 Å². The fourth-order valence-corrected chi connectivity index (χ4v) is 2.91. The molecule has 0 saturated carbocycles. The van der Waals surface area contributed by atoms with Crippen molar-refractivity contribution in [2.45, 2.75) is 39.7 Å². The van der Waals surface area contributed by atoms with Gasteiger partial charge in [-0.2, -0.15) is 0 Å². The third-order valence-electron chi connectivity index (χ3n) is 4.11. The van der Waals surface area contributed by atoms with Crippen LogP contribution in [0.3, 0.4) is 0 Å². The van der Waals surface area contributed by atoms with Gasteiger partial charge in [0.15, 0.2) is 0 Å². The molecule has 4 heteroatoms. The molecule has 2 rings (SSSR count). The van der Waals surface area contributed by atoms with Gasteiger partial charge in [-0.15, -0.1) is 0 Å². The summed E-state index contributed by atoms with van der Waals surface area (Å²) in [6, 6.07) is 8.29.